The third kappa shape index (κ3) is 6.01. The summed E-state index contributed by atoms with van der Waals surface area (Å²) in [5, 5.41) is 0. The zero-order chi connectivity index (χ0) is 13.0. The highest BCUT2D eigenvalue weighted by atomic mass is 79.9. The summed E-state index contributed by atoms with van der Waals surface area (Å²) in [6.45, 7) is 14.8. The normalized spacial score (nSPS) is 14.5. The molecule has 0 spiro atoms. The van der Waals surface area contributed by atoms with Gasteiger partial charge in [0, 0.05) is 0 Å². The van der Waals surface area contributed by atoms with E-state index in [1.165, 1.54) is 0 Å². The molecule has 94 valence electrons. The van der Waals surface area contributed by atoms with Crippen molar-refractivity contribution in [1.82, 2.24) is 0 Å². The van der Waals surface area contributed by atoms with Crippen molar-refractivity contribution in [3.05, 3.63) is 34.7 Å². The van der Waals surface area contributed by atoms with Crippen LogP contribution in [0.1, 0.15) is 34.6 Å². The van der Waals surface area contributed by atoms with Crippen molar-refractivity contribution in [3.63, 3.8) is 0 Å². The number of rotatable bonds is 2. The molecule has 0 aromatic rings. The van der Waals surface area contributed by atoms with Crippen LogP contribution in [0.5, 0.6) is 0 Å². The van der Waals surface area contributed by atoms with Gasteiger partial charge in [-0.15, -0.1) is 0 Å². The average Bonchev–Trinajstić information content (AvgIpc) is 2.42. The molecule has 0 fully saturated rings. The molecule has 0 aromatic carbocycles. The summed E-state index contributed by atoms with van der Waals surface area (Å²) >= 11 is 3.37. The Kier molecular flexibility index (Phi) is 13.7. The molecular weight excluding hydrogens is 268 g/mol. The fourth-order valence-corrected chi connectivity index (χ4v) is 1.21. The van der Waals surface area contributed by atoms with E-state index in [4.69, 9.17) is 9.47 Å². The van der Waals surface area contributed by atoms with Crippen LogP contribution in [0.25, 0.3) is 0 Å². The first-order valence-corrected chi connectivity index (χ1v) is 6.53. The van der Waals surface area contributed by atoms with Gasteiger partial charge in [0.05, 0.1) is 4.48 Å². The van der Waals surface area contributed by atoms with Gasteiger partial charge in [-0.05, 0) is 28.9 Å². The lowest BCUT2D eigenvalue weighted by molar-refractivity contribution is 0.0763. The van der Waals surface area contributed by atoms with Gasteiger partial charge in [-0.25, -0.2) is 0 Å². The highest BCUT2D eigenvalue weighted by molar-refractivity contribution is 9.11. The Morgan fingerprint density at radius 2 is 1.69 bits per heavy atom. The minimum absolute atomic E-state index is 0.592. The highest BCUT2D eigenvalue weighted by Gasteiger charge is 2.14. The van der Waals surface area contributed by atoms with Gasteiger partial charge in [0.15, 0.2) is 11.5 Å². The lowest BCUT2D eigenvalue weighted by Gasteiger charge is -2.19. The summed E-state index contributed by atoms with van der Waals surface area (Å²) in [6, 6.07) is 0. The smallest absolute Gasteiger partial charge is 0.175 e. The fraction of sp³-hybridized carbons (Fsp3) is 0.538. The van der Waals surface area contributed by atoms with Crippen LogP contribution >= 0.6 is 15.9 Å². The van der Waals surface area contributed by atoms with Gasteiger partial charge < -0.3 is 9.47 Å². The van der Waals surface area contributed by atoms with Crippen molar-refractivity contribution in [3.8, 4) is 0 Å². The molecule has 0 amide bonds. The van der Waals surface area contributed by atoms with Gasteiger partial charge in [0.2, 0.25) is 0 Å². The first-order valence-electron chi connectivity index (χ1n) is 5.74. The minimum atomic E-state index is 0.592. The first-order chi connectivity index (χ1) is 7.79. The van der Waals surface area contributed by atoms with Crippen LogP contribution in [0.15, 0.2) is 34.7 Å². The summed E-state index contributed by atoms with van der Waals surface area (Å²) in [7, 11) is 0. The number of hydrogen-bond acceptors (Lipinski definition) is 2. The maximum atomic E-state index is 5.40. The predicted molar refractivity (Wildman–Crippen MR) is 74.5 cm³/mol. The molecule has 0 aromatic heterocycles. The van der Waals surface area contributed by atoms with E-state index >= 15 is 0 Å². The van der Waals surface area contributed by atoms with E-state index in [0.717, 1.165) is 10.2 Å². The van der Waals surface area contributed by atoms with Gasteiger partial charge in [-0.3, -0.25) is 0 Å². The first kappa shape index (κ1) is 17.7. The summed E-state index contributed by atoms with van der Waals surface area (Å²) in [4.78, 5) is 0. The van der Waals surface area contributed by atoms with Crippen LogP contribution in [-0.2, 0) is 9.47 Å². The molecule has 0 bridgehead atoms. The Balaban J connectivity index is 0. The van der Waals surface area contributed by atoms with Crippen molar-refractivity contribution in [2.75, 3.05) is 13.2 Å². The zero-order valence-corrected chi connectivity index (χ0v) is 12.6. The second-order valence-electron chi connectivity index (χ2n) is 2.23. The third-order valence-corrected chi connectivity index (χ3v) is 2.28. The van der Waals surface area contributed by atoms with Crippen LogP contribution in [0, 0.1) is 0 Å². The van der Waals surface area contributed by atoms with E-state index in [-0.39, 0.29) is 0 Å². The van der Waals surface area contributed by atoms with E-state index < -0.39 is 0 Å². The maximum Gasteiger partial charge on any atom is 0.175 e. The molecule has 3 heteroatoms. The Bertz CT molecular complexity index is 242. The van der Waals surface area contributed by atoms with Crippen molar-refractivity contribution in [2.24, 2.45) is 0 Å². The maximum absolute atomic E-state index is 5.40. The van der Waals surface area contributed by atoms with E-state index in [1.807, 2.05) is 40.7 Å². The van der Waals surface area contributed by atoms with E-state index in [0.29, 0.717) is 19.0 Å². The van der Waals surface area contributed by atoms with Crippen molar-refractivity contribution in [1.29, 1.82) is 0 Å². The van der Waals surface area contributed by atoms with Gasteiger partial charge in [-0.2, -0.15) is 0 Å². The summed E-state index contributed by atoms with van der Waals surface area (Å²) < 4.78 is 11.6. The van der Waals surface area contributed by atoms with Crippen LogP contribution in [0.3, 0.4) is 0 Å². The standard InChI is InChI=1S/C9H11BrO2.2C2H6/c1-3-7(10)9-8(4-2)11-5-6-12-9;2*1-2/h3-4H,2,5-6H2,1H3;2*1-2H3/b7-3+;;. The third-order valence-electron chi connectivity index (χ3n) is 1.47. The number of allylic oxidation sites excluding steroid dienone is 3. The molecule has 0 atom stereocenters. The SMILES string of the molecule is C=CC1=C(/C(Br)=C\C)OCCO1.CC.CC. The van der Waals surface area contributed by atoms with E-state index in [2.05, 4.69) is 22.5 Å². The summed E-state index contributed by atoms with van der Waals surface area (Å²) in [6.07, 6.45) is 3.56. The second kappa shape index (κ2) is 12.4. The molecule has 1 heterocycles. The van der Waals surface area contributed by atoms with Gasteiger partial charge in [-0.1, -0.05) is 40.3 Å². The topological polar surface area (TPSA) is 18.5 Å². The van der Waals surface area contributed by atoms with Crippen LogP contribution < -0.4 is 0 Å². The Hall–Kier alpha value is -0.700. The molecule has 1 aliphatic heterocycles. The Labute approximate surface area is 108 Å². The molecule has 16 heavy (non-hydrogen) atoms. The van der Waals surface area contributed by atoms with Crippen LogP contribution in [-0.4, -0.2) is 13.2 Å². The minimum Gasteiger partial charge on any atom is -0.486 e. The zero-order valence-electron chi connectivity index (χ0n) is 11.0. The molecule has 1 aliphatic rings. The average molecular weight is 291 g/mol. The predicted octanol–water partition coefficient (Wildman–Crippen LogP) is 4.78. The van der Waals surface area contributed by atoms with Gasteiger partial charge in [0.1, 0.15) is 13.2 Å². The highest BCUT2D eigenvalue weighted by Crippen LogP contribution is 2.25. The number of halogens is 1. The monoisotopic (exact) mass is 290 g/mol. The lowest BCUT2D eigenvalue weighted by Crippen LogP contribution is -2.12. The van der Waals surface area contributed by atoms with Crippen molar-refractivity contribution >= 4 is 15.9 Å². The molecule has 0 saturated heterocycles. The lowest BCUT2D eigenvalue weighted by atomic mass is 10.3. The largest absolute Gasteiger partial charge is 0.486 e. The quantitative estimate of drug-likeness (QED) is 0.728. The molecule has 1 rings (SSSR count). The van der Waals surface area contributed by atoms with E-state index in [1.54, 1.807) is 6.08 Å². The number of ether oxygens (including phenoxy) is 2. The molecule has 0 saturated carbocycles. The molecule has 2 nitrogen and oxygen atoms in total. The summed E-state index contributed by atoms with van der Waals surface area (Å²) in [5.74, 6) is 1.44. The molecule has 0 radical (unpaired) electrons. The molecule has 0 N–H and O–H groups in total. The second-order valence-corrected chi connectivity index (χ2v) is 3.09. The van der Waals surface area contributed by atoms with E-state index in [9.17, 15) is 0 Å². The van der Waals surface area contributed by atoms with Crippen molar-refractivity contribution in [2.45, 2.75) is 34.6 Å². The van der Waals surface area contributed by atoms with Gasteiger partial charge in [0.25, 0.3) is 0 Å². The molecule has 0 unspecified atom stereocenters. The van der Waals surface area contributed by atoms with Gasteiger partial charge >= 0.3 is 0 Å². The molecular formula is C13H23BrO2. The van der Waals surface area contributed by atoms with Crippen molar-refractivity contribution < 1.29 is 9.47 Å². The van der Waals surface area contributed by atoms with Crippen LogP contribution in [0.4, 0.5) is 0 Å². The Morgan fingerprint density at radius 1 is 1.19 bits per heavy atom. The Morgan fingerprint density at radius 3 is 2.12 bits per heavy atom. The number of hydrogen-bond donors (Lipinski definition) is 0. The fourth-order valence-electron chi connectivity index (χ4n) is 0.901. The summed E-state index contributed by atoms with van der Waals surface area (Å²) in [5.41, 5.74) is 0. The molecule has 0 aliphatic carbocycles. The van der Waals surface area contributed by atoms with Crippen LogP contribution in [0.2, 0.25) is 0 Å².